The van der Waals surface area contributed by atoms with E-state index in [9.17, 15) is 0 Å². The molecule has 1 aliphatic heterocycles. The van der Waals surface area contributed by atoms with E-state index in [1.165, 1.54) is 12.8 Å². The van der Waals surface area contributed by atoms with Crippen LogP contribution in [0.4, 0.5) is 0 Å². The van der Waals surface area contributed by atoms with Crippen LogP contribution in [0.1, 0.15) is 30.3 Å². The first-order chi connectivity index (χ1) is 5.86. The molecule has 2 rings (SSSR count). The number of aromatic nitrogens is 2. The zero-order chi connectivity index (χ0) is 8.39. The highest BCUT2D eigenvalue weighted by atomic mass is 35.5. The number of nitrogens with zero attached hydrogens (tertiary/aromatic N) is 2. The van der Waals surface area contributed by atoms with Crippen LogP contribution in [0.5, 0.6) is 0 Å². The lowest BCUT2D eigenvalue weighted by molar-refractivity contribution is 0.622. The average Bonchev–Trinajstić information content (AvgIpc) is 2.56. The SMILES string of the molecule is Cc1cncc(C2CCCN2)n1.Cl.Cl. The van der Waals surface area contributed by atoms with E-state index in [1.54, 1.807) is 6.20 Å². The van der Waals surface area contributed by atoms with Crippen molar-refractivity contribution in [2.75, 3.05) is 6.54 Å². The Balaban J connectivity index is 0.000000845. The highest BCUT2D eigenvalue weighted by molar-refractivity contribution is 5.85. The summed E-state index contributed by atoms with van der Waals surface area (Å²) in [6.45, 7) is 3.09. The van der Waals surface area contributed by atoms with Crippen LogP contribution in [-0.2, 0) is 0 Å². The Labute approximate surface area is 96.5 Å². The molecule has 1 saturated heterocycles. The number of rotatable bonds is 1. The van der Waals surface area contributed by atoms with E-state index in [2.05, 4.69) is 15.3 Å². The summed E-state index contributed by atoms with van der Waals surface area (Å²) >= 11 is 0. The molecule has 1 aromatic rings. The van der Waals surface area contributed by atoms with Crippen molar-refractivity contribution in [1.82, 2.24) is 15.3 Å². The molecule has 14 heavy (non-hydrogen) atoms. The van der Waals surface area contributed by atoms with E-state index in [1.807, 2.05) is 13.1 Å². The van der Waals surface area contributed by atoms with Crippen molar-refractivity contribution >= 4 is 24.8 Å². The van der Waals surface area contributed by atoms with Gasteiger partial charge in [0.25, 0.3) is 0 Å². The molecule has 1 aliphatic rings. The van der Waals surface area contributed by atoms with Gasteiger partial charge in [0.15, 0.2) is 0 Å². The van der Waals surface area contributed by atoms with Gasteiger partial charge in [0.05, 0.1) is 17.4 Å². The van der Waals surface area contributed by atoms with E-state index in [0.29, 0.717) is 6.04 Å². The molecule has 3 nitrogen and oxygen atoms in total. The predicted octanol–water partition coefficient (Wildman–Crippen LogP) is 2.05. The Kier molecular flexibility index (Phi) is 6.00. The number of halogens is 2. The summed E-state index contributed by atoms with van der Waals surface area (Å²) in [7, 11) is 0. The Hall–Kier alpha value is -0.380. The van der Waals surface area contributed by atoms with Gasteiger partial charge in [0.2, 0.25) is 0 Å². The maximum Gasteiger partial charge on any atom is 0.0759 e. The minimum Gasteiger partial charge on any atom is -0.309 e. The average molecular weight is 236 g/mol. The lowest BCUT2D eigenvalue weighted by atomic mass is 10.2. The molecule has 0 saturated carbocycles. The van der Waals surface area contributed by atoms with E-state index in [4.69, 9.17) is 0 Å². The molecule has 80 valence electrons. The monoisotopic (exact) mass is 235 g/mol. The van der Waals surface area contributed by atoms with Crippen LogP contribution < -0.4 is 5.32 Å². The summed E-state index contributed by atoms with van der Waals surface area (Å²) < 4.78 is 0. The van der Waals surface area contributed by atoms with Crippen molar-refractivity contribution < 1.29 is 0 Å². The van der Waals surface area contributed by atoms with Gasteiger partial charge in [-0.25, -0.2) is 0 Å². The Morgan fingerprint density at radius 2 is 2.14 bits per heavy atom. The first-order valence-electron chi connectivity index (χ1n) is 4.38. The lowest BCUT2D eigenvalue weighted by Crippen LogP contribution is -2.14. The smallest absolute Gasteiger partial charge is 0.0759 e. The van der Waals surface area contributed by atoms with Crippen LogP contribution in [0.25, 0.3) is 0 Å². The molecule has 5 heteroatoms. The topological polar surface area (TPSA) is 37.8 Å². The van der Waals surface area contributed by atoms with Crippen molar-refractivity contribution in [3.8, 4) is 0 Å². The van der Waals surface area contributed by atoms with Crippen LogP contribution in [0.15, 0.2) is 12.4 Å². The maximum absolute atomic E-state index is 4.43. The van der Waals surface area contributed by atoms with Crippen LogP contribution in [0, 0.1) is 6.92 Å². The number of hydrogen-bond acceptors (Lipinski definition) is 3. The van der Waals surface area contributed by atoms with Gasteiger partial charge < -0.3 is 5.32 Å². The molecule has 1 fully saturated rings. The summed E-state index contributed by atoms with van der Waals surface area (Å²) in [5, 5.41) is 3.40. The molecule has 2 heterocycles. The van der Waals surface area contributed by atoms with Crippen molar-refractivity contribution in [1.29, 1.82) is 0 Å². The van der Waals surface area contributed by atoms with Crippen molar-refractivity contribution in [3.63, 3.8) is 0 Å². The zero-order valence-electron chi connectivity index (χ0n) is 8.06. The molecule has 1 aromatic heterocycles. The minimum absolute atomic E-state index is 0. The van der Waals surface area contributed by atoms with Crippen LogP contribution >= 0.6 is 24.8 Å². The summed E-state index contributed by atoms with van der Waals surface area (Å²) in [5.74, 6) is 0. The first-order valence-corrected chi connectivity index (χ1v) is 4.38. The molecule has 0 aliphatic carbocycles. The number of hydrogen-bond donors (Lipinski definition) is 1. The third kappa shape index (κ3) is 3.08. The van der Waals surface area contributed by atoms with Gasteiger partial charge in [-0.15, -0.1) is 24.8 Å². The van der Waals surface area contributed by atoms with Crippen LogP contribution in [0.2, 0.25) is 0 Å². The van der Waals surface area contributed by atoms with Crippen molar-refractivity contribution in [2.45, 2.75) is 25.8 Å². The van der Waals surface area contributed by atoms with Crippen molar-refractivity contribution in [2.24, 2.45) is 0 Å². The van der Waals surface area contributed by atoms with Gasteiger partial charge in [-0.1, -0.05) is 0 Å². The molecular weight excluding hydrogens is 221 g/mol. The summed E-state index contributed by atoms with van der Waals surface area (Å²) in [6, 6.07) is 0.442. The fourth-order valence-corrected chi connectivity index (χ4v) is 1.59. The molecule has 0 spiro atoms. The van der Waals surface area contributed by atoms with Crippen LogP contribution in [0.3, 0.4) is 0 Å². The standard InChI is InChI=1S/C9H13N3.2ClH/c1-7-5-10-6-9(12-7)8-3-2-4-11-8;;/h5-6,8,11H,2-4H2,1H3;2*1H. The van der Waals surface area contributed by atoms with E-state index >= 15 is 0 Å². The second-order valence-corrected chi connectivity index (χ2v) is 3.23. The predicted molar refractivity (Wildman–Crippen MR) is 61.2 cm³/mol. The minimum atomic E-state index is 0. The molecule has 1 unspecified atom stereocenters. The van der Waals surface area contributed by atoms with E-state index in [0.717, 1.165) is 17.9 Å². The quantitative estimate of drug-likeness (QED) is 0.810. The van der Waals surface area contributed by atoms with E-state index in [-0.39, 0.29) is 24.8 Å². The summed E-state index contributed by atoms with van der Waals surface area (Å²) in [4.78, 5) is 8.56. The van der Waals surface area contributed by atoms with Gasteiger partial charge >= 0.3 is 0 Å². The molecule has 1 N–H and O–H groups in total. The molecule has 0 bridgehead atoms. The largest absolute Gasteiger partial charge is 0.309 e. The maximum atomic E-state index is 4.43. The third-order valence-electron chi connectivity index (χ3n) is 2.19. The van der Waals surface area contributed by atoms with Gasteiger partial charge in [0, 0.05) is 12.4 Å². The fraction of sp³-hybridized carbons (Fsp3) is 0.556. The van der Waals surface area contributed by atoms with Crippen LogP contribution in [-0.4, -0.2) is 16.5 Å². The Bertz CT molecular complexity index is 275. The van der Waals surface area contributed by atoms with Gasteiger partial charge in [-0.2, -0.15) is 0 Å². The summed E-state index contributed by atoms with van der Waals surface area (Å²) in [5.41, 5.74) is 2.09. The molecule has 0 aromatic carbocycles. The lowest BCUT2D eigenvalue weighted by Gasteiger charge is -2.08. The fourth-order valence-electron chi connectivity index (χ4n) is 1.59. The zero-order valence-corrected chi connectivity index (χ0v) is 9.70. The Morgan fingerprint density at radius 3 is 2.71 bits per heavy atom. The normalized spacial score (nSPS) is 19.6. The highest BCUT2D eigenvalue weighted by Crippen LogP contribution is 2.20. The number of nitrogens with one attached hydrogen (secondary N) is 1. The number of aryl methyl sites for hydroxylation is 1. The highest BCUT2D eigenvalue weighted by Gasteiger charge is 2.17. The Morgan fingerprint density at radius 1 is 1.36 bits per heavy atom. The van der Waals surface area contributed by atoms with Gasteiger partial charge in [-0.3, -0.25) is 9.97 Å². The van der Waals surface area contributed by atoms with E-state index < -0.39 is 0 Å². The molecule has 0 amide bonds. The van der Waals surface area contributed by atoms with Crippen molar-refractivity contribution in [3.05, 3.63) is 23.8 Å². The van der Waals surface area contributed by atoms with Gasteiger partial charge in [-0.05, 0) is 26.3 Å². The second-order valence-electron chi connectivity index (χ2n) is 3.23. The second kappa shape index (κ2) is 6.17. The third-order valence-corrected chi connectivity index (χ3v) is 2.19. The molecular formula is C9H15Cl2N3. The molecule has 0 radical (unpaired) electrons. The summed E-state index contributed by atoms with van der Waals surface area (Å²) in [6.07, 6.45) is 6.09. The first kappa shape index (κ1) is 13.6. The van der Waals surface area contributed by atoms with Gasteiger partial charge in [0.1, 0.15) is 0 Å². The molecule has 1 atom stereocenters.